The molecule has 2 amide bonds. The van der Waals surface area contributed by atoms with Crippen molar-refractivity contribution in [2.75, 3.05) is 42.7 Å². The highest BCUT2D eigenvalue weighted by Crippen LogP contribution is 2.23. The Morgan fingerprint density at radius 1 is 1.15 bits per heavy atom. The summed E-state index contributed by atoms with van der Waals surface area (Å²) in [7, 11) is 0. The van der Waals surface area contributed by atoms with Crippen LogP contribution in [-0.4, -0.2) is 53.0 Å². The van der Waals surface area contributed by atoms with E-state index in [-0.39, 0.29) is 10.7 Å². The molecule has 0 spiro atoms. The topological polar surface area (TPSA) is 122 Å². The van der Waals surface area contributed by atoms with Gasteiger partial charge in [-0.25, -0.2) is 14.4 Å². The predicted octanol–water partition coefficient (Wildman–Crippen LogP) is 2.90. The normalized spacial score (nSPS) is 14.1. The zero-order valence-electron chi connectivity index (χ0n) is 17.9. The molecule has 0 aliphatic carbocycles. The van der Waals surface area contributed by atoms with Crippen molar-refractivity contribution in [1.29, 1.82) is 0 Å². The van der Waals surface area contributed by atoms with Crippen molar-refractivity contribution in [2.45, 2.75) is 13.5 Å². The Morgan fingerprint density at radius 2 is 1.94 bits per heavy atom. The van der Waals surface area contributed by atoms with E-state index in [4.69, 9.17) is 10.5 Å². The molecule has 3 heterocycles. The van der Waals surface area contributed by atoms with Crippen LogP contribution in [-0.2, 0) is 11.3 Å². The first kappa shape index (κ1) is 22.8. The number of thiazole rings is 1. The largest absolute Gasteiger partial charge is 0.379 e. The molecular formula is C22H23FN6O3S. The van der Waals surface area contributed by atoms with Gasteiger partial charge in [0.25, 0.3) is 11.8 Å². The van der Waals surface area contributed by atoms with Crippen molar-refractivity contribution in [3.8, 4) is 0 Å². The van der Waals surface area contributed by atoms with Gasteiger partial charge in [-0.15, -0.1) is 0 Å². The Kier molecular flexibility index (Phi) is 6.92. The highest BCUT2D eigenvalue weighted by Gasteiger charge is 2.18. The molecule has 9 nitrogen and oxygen atoms in total. The van der Waals surface area contributed by atoms with E-state index >= 15 is 0 Å². The van der Waals surface area contributed by atoms with Crippen molar-refractivity contribution in [1.82, 2.24) is 14.9 Å². The summed E-state index contributed by atoms with van der Waals surface area (Å²) < 4.78 is 19.9. The zero-order chi connectivity index (χ0) is 23.4. The summed E-state index contributed by atoms with van der Waals surface area (Å²) in [6, 6.07) is 6.05. The van der Waals surface area contributed by atoms with Crippen LogP contribution in [0.15, 0.2) is 36.7 Å². The lowest BCUT2D eigenvalue weighted by Crippen LogP contribution is -2.35. The molecule has 0 bridgehead atoms. The van der Waals surface area contributed by atoms with Gasteiger partial charge in [0.1, 0.15) is 16.5 Å². The van der Waals surface area contributed by atoms with Crippen molar-refractivity contribution in [3.63, 3.8) is 0 Å². The van der Waals surface area contributed by atoms with Gasteiger partial charge in [0.2, 0.25) is 0 Å². The first-order valence-electron chi connectivity index (χ1n) is 10.3. The Hall–Kier alpha value is -3.41. The first-order chi connectivity index (χ1) is 15.9. The molecule has 0 saturated carbocycles. The highest BCUT2D eigenvalue weighted by molar-refractivity contribution is 7.17. The third-order valence-electron chi connectivity index (χ3n) is 5.13. The number of hydrogen-bond donors (Lipinski definition) is 3. The average molecular weight is 471 g/mol. The van der Waals surface area contributed by atoms with Crippen LogP contribution in [0.5, 0.6) is 0 Å². The molecule has 1 aliphatic heterocycles. The van der Waals surface area contributed by atoms with E-state index < -0.39 is 17.6 Å². The van der Waals surface area contributed by atoms with E-state index in [1.54, 1.807) is 19.2 Å². The number of morpholine rings is 1. The highest BCUT2D eigenvalue weighted by atomic mass is 32.1. The van der Waals surface area contributed by atoms with E-state index in [2.05, 4.69) is 25.5 Å². The molecular weight excluding hydrogens is 447 g/mol. The predicted molar refractivity (Wildman–Crippen MR) is 124 cm³/mol. The van der Waals surface area contributed by atoms with Crippen LogP contribution in [0.3, 0.4) is 0 Å². The number of amides is 2. The van der Waals surface area contributed by atoms with Crippen LogP contribution in [0.25, 0.3) is 0 Å². The van der Waals surface area contributed by atoms with E-state index in [0.717, 1.165) is 36.5 Å². The summed E-state index contributed by atoms with van der Waals surface area (Å²) >= 11 is 1.03. The van der Waals surface area contributed by atoms with E-state index in [0.29, 0.717) is 35.2 Å². The number of nitrogens with zero attached hydrogens (tertiary/aromatic N) is 3. The lowest BCUT2D eigenvalue weighted by atomic mass is 10.1. The number of nitrogens with two attached hydrogens (primary N) is 1. The Labute approximate surface area is 193 Å². The molecule has 0 radical (unpaired) electrons. The number of halogens is 1. The third kappa shape index (κ3) is 5.69. The monoisotopic (exact) mass is 470 g/mol. The fourth-order valence-corrected chi connectivity index (χ4v) is 3.93. The number of anilines is 3. The van der Waals surface area contributed by atoms with Crippen LogP contribution in [0.2, 0.25) is 0 Å². The number of ether oxygens (including phenoxy) is 1. The summed E-state index contributed by atoms with van der Waals surface area (Å²) in [5.74, 6) is -1.51. The first-order valence-corrected chi connectivity index (χ1v) is 11.1. The number of carbonyl (C=O) groups excluding carboxylic acids is 2. The van der Waals surface area contributed by atoms with Crippen molar-refractivity contribution in [3.05, 3.63) is 64.0 Å². The molecule has 4 N–H and O–H groups in total. The number of nitrogens with one attached hydrogen (secondary N) is 2. The third-order valence-corrected chi connectivity index (χ3v) is 5.96. The van der Waals surface area contributed by atoms with Gasteiger partial charge < -0.3 is 21.1 Å². The molecule has 1 saturated heterocycles. The van der Waals surface area contributed by atoms with Crippen LogP contribution >= 0.6 is 11.3 Å². The minimum Gasteiger partial charge on any atom is -0.379 e. The van der Waals surface area contributed by atoms with Gasteiger partial charge in [-0.05, 0) is 36.2 Å². The smallest absolute Gasteiger partial charge is 0.267 e. The van der Waals surface area contributed by atoms with Crippen LogP contribution in [0.1, 0.15) is 31.2 Å². The number of aromatic nitrogens is 2. The molecule has 172 valence electrons. The fraction of sp³-hybridized carbons (Fsp3) is 0.273. The quantitative estimate of drug-likeness (QED) is 0.506. The second kappa shape index (κ2) is 10.0. The molecule has 33 heavy (non-hydrogen) atoms. The van der Waals surface area contributed by atoms with Gasteiger partial charge in [-0.3, -0.25) is 14.5 Å². The second-order valence-corrected chi connectivity index (χ2v) is 8.62. The molecule has 1 aromatic carbocycles. The molecule has 11 heteroatoms. The number of carbonyl (C=O) groups is 2. The summed E-state index contributed by atoms with van der Waals surface area (Å²) in [5.41, 5.74) is 7.14. The summed E-state index contributed by atoms with van der Waals surface area (Å²) in [6.45, 7) is 5.53. The Morgan fingerprint density at radius 3 is 2.61 bits per heavy atom. The van der Waals surface area contributed by atoms with Crippen molar-refractivity contribution >= 4 is 39.8 Å². The summed E-state index contributed by atoms with van der Waals surface area (Å²) in [6.07, 6.45) is 3.04. The van der Waals surface area contributed by atoms with Gasteiger partial charge in [0, 0.05) is 31.5 Å². The number of aryl methyl sites for hydroxylation is 1. The number of hydrogen-bond acceptors (Lipinski definition) is 8. The molecule has 1 aliphatic rings. The van der Waals surface area contributed by atoms with E-state index in [1.165, 1.54) is 18.3 Å². The van der Waals surface area contributed by atoms with Gasteiger partial charge in [0.15, 0.2) is 5.13 Å². The Bertz CT molecular complexity index is 1160. The number of rotatable bonds is 6. The van der Waals surface area contributed by atoms with Gasteiger partial charge in [-0.2, -0.15) is 0 Å². The lowest BCUT2D eigenvalue weighted by Gasteiger charge is -2.26. The molecule has 4 rings (SSSR count). The standard InChI is InChI=1S/C22H23FN6O3S/c1-13-8-16(23)15(9-17(13)27-21(31)18-11-26-22(24)33-18)20(30)28-19-3-2-14(10-25-19)12-29-4-6-32-7-5-29/h2-3,8-11H,4-7,12H2,1H3,(H2,24,26)(H,27,31)(H,25,28,30). The number of pyridine rings is 1. The number of nitrogen functional groups attached to an aromatic ring is 1. The van der Waals surface area contributed by atoms with Crippen LogP contribution in [0.4, 0.5) is 21.0 Å². The van der Waals surface area contributed by atoms with Crippen molar-refractivity contribution in [2.24, 2.45) is 0 Å². The summed E-state index contributed by atoms with van der Waals surface area (Å²) in [5, 5.41) is 5.54. The minimum atomic E-state index is -0.700. The lowest BCUT2D eigenvalue weighted by molar-refractivity contribution is 0.0341. The number of benzene rings is 1. The fourth-order valence-electron chi connectivity index (χ4n) is 3.35. The minimum absolute atomic E-state index is 0.209. The van der Waals surface area contributed by atoms with E-state index in [9.17, 15) is 14.0 Å². The molecule has 1 fully saturated rings. The van der Waals surface area contributed by atoms with Crippen LogP contribution < -0.4 is 16.4 Å². The van der Waals surface area contributed by atoms with Gasteiger partial charge in [0.05, 0.1) is 25.0 Å². The maximum Gasteiger partial charge on any atom is 0.267 e. The zero-order valence-corrected chi connectivity index (χ0v) is 18.7. The molecule has 0 unspecified atom stereocenters. The maximum absolute atomic E-state index is 14.5. The molecule has 0 atom stereocenters. The second-order valence-electron chi connectivity index (χ2n) is 7.56. The van der Waals surface area contributed by atoms with Gasteiger partial charge in [-0.1, -0.05) is 17.4 Å². The average Bonchev–Trinajstić information content (AvgIpc) is 3.24. The van der Waals surface area contributed by atoms with Gasteiger partial charge >= 0.3 is 0 Å². The van der Waals surface area contributed by atoms with E-state index in [1.807, 2.05) is 6.07 Å². The Balaban J connectivity index is 1.44. The SMILES string of the molecule is Cc1cc(F)c(C(=O)Nc2ccc(CN3CCOCC3)cn2)cc1NC(=O)c1cnc(N)s1. The summed E-state index contributed by atoms with van der Waals surface area (Å²) in [4.78, 5) is 35.8. The van der Waals surface area contributed by atoms with Crippen molar-refractivity contribution < 1.29 is 18.7 Å². The maximum atomic E-state index is 14.5. The van der Waals surface area contributed by atoms with Crippen LogP contribution in [0, 0.1) is 12.7 Å². The molecule has 3 aromatic rings. The molecule has 2 aromatic heterocycles.